The lowest BCUT2D eigenvalue weighted by atomic mass is 10.1. The van der Waals surface area contributed by atoms with Crippen LogP contribution in [0.5, 0.6) is 0 Å². The molecule has 13 heavy (non-hydrogen) atoms. The SMILES string of the molecule is [2H]C([2H])([2H])[N+]1(C)CCC[C@@H]1c1cccnc1. The van der Waals surface area contributed by atoms with Crippen molar-refractivity contribution in [2.75, 3.05) is 20.6 Å². The summed E-state index contributed by atoms with van der Waals surface area (Å²) in [7, 11) is 1.83. The van der Waals surface area contributed by atoms with Crippen molar-refractivity contribution in [1.29, 1.82) is 0 Å². The first-order chi connectivity index (χ1) is 7.45. The van der Waals surface area contributed by atoms with Crippen LogP contribution in [-0.2, 0) is 0 Å². The average Bonchev–Trinajstić information content (AvgIpc) is 2.62. The molecular formula is C11H17N2+. The number of aromatic nitrogens is 1. The van der Waals surface area contributed by atoms with Gasteiger partial charge in [0, 0.05) is 30.8 Å². The van der Waals surface area contributed by atoms with Crippen LogP contribution in [0.1, 0.15) is 28.6 Å². The van der Waals surface area contributed by atoms with Gasteiger partial charge in [-0.3, -0.25) is 4.98 Å². The molecule has 2 heteroatoms. The van der Waals surface area contributed by atoms with E-state index >= 15 is 0 Å². The third-order valence-electron chi connectivity index (χ3n) is 2.86. The van der Waals surface area contributed by atoms with Crippen LogP contribution in [-0.4, -0.2) is 30.0 Å². The van der Waals surface area contributed by atoms with Gasteiger partial charge in [0.2, 0.25) is 0 Å². The van der Waals surface area contributed by atoms with Crippen molar-refractivity contribution < 1.29 is 8.60 Å². The van der Waals surface area contributed by atoms with Gasteiger partial charge >= 0.3 is 0 Å². The first-order valence-corrected chi connectivity index (χ1v) is 4.70. The number of likely N-dealkylation sites (tertiary alicyclic amines) is 1. The van der Waals surface area contributed by atoms with Gasteiger partial charge in [0.25, 0.3) is 0 Å². The molecular weight excluding hydrogens is 160 g/mol. The van der Waals surface area contributed by atoms with Crippen LogP contribution in [0.25, 0.3) is 0 Å². The average molecular weight is 180 g/mol. The smallest absolute Gasteiger partial charge is 0.116 e. The third-order valence-corrected chi connectivity index (χ3v) is 2.86. The van der Waals surface area contributed by atoms with Gasteiger partial charge in [-0.15, -0.1) is 0 Å². The van der Waals surface area contributed by atoms with Gasteiger partial charge in [-0.1, -0.05) is 6.07 Å². The van der Waals surface area contributed by atoms with Crippen LogP contribution in [0.4, 0.5) is 0 Å². The van der Waals surface area contributed by atoms with E-state index in [0.717, 1.165) is 24.9 Å². The number of quaternary nitrogens is 1. The highest BCUT2D eigenvalue weighted by molar-refractivity contribution is 5.12. The first-order valence-electron chi connectivity index (χ1n) is 6.20. The molecule has 1 aliphatic heterocycles. The minimum Gasteiger partial charge on any atom is -0.322 e. The second-order valence-electron chi connectivity index (χ2n) is 3.94. The second kappa shape index (κ2) is 3.11. The molecule has 1 aromatic heterocycles. The summed E-state index contributed by atoms with van der Waals surface area (Å²) >= 11 is 0. The predicted octanol–water partition coefficient (Wildman–Crippen LogP) is 1.99. The number of hydrogen-bond acceptors (Lipinski definition) is 1. The maximum atomic E-state index is 7.69. The van der Waals surface area contributed by atoms with Gasteiger partial charge in [-0.25, -0.2) is 0 Å². The summed E-state index contributed by atoms with van der Waals surface area (Å²) in [5, 5.41) is 0. The Balaban J connectivity index is 2.35. The third kappa shape index (κ3) is 1.59. The van der Waals surface area contributed by atoms with E-state index in [4.69, 9.17) is 4.11 Å². The molecule has 0 saturated carbocycles. The van der Waals surface area contributed by atoms with Crippen LogP contribution in [0.3, 0.4) is 0 Å². The molecule has 0 aliphatic carbocycles. The van der Waals surface area contributed by atoms with Crippen LogP contribution in [0.15, 0.2) is 24.5 Å². The molecule has 0 spiro atoms. The van der Waals surface area contributed by atoms with Gasteiger partial charge in [-0.05, 0) is 6.07 Å². The topological polar surface area (TPSA) is 12.9 Å². The van der Waals surface area contributed by atoms with Crippen LogP contribution >= 0.6 is 0 Å². The lowest BCUT2D eigenvalue weighted by Crippen LogP contribution is -2.38. The molecule has 1 saturated heterocycles. The van der Waals surface area contributed by atoms with E-state index in [-0.39, 0.29) is 10.5 Å². The molecule has 0 N–H and O–H groups in total. The summed E-state index contributed by atoms with van der Waals surface area (Å²) < 4.78 is 23.2. The summed E-state index contributed by atoms with van der Waals surface area (Å²) in [5.74, 6) is 0. The van der Waals surface area contributed by atoms with E-state index in [9.17, 15) is 0 Å². The molecule has 70 valence electrons. The Bertz CT molecular complexity index is 363. The molecule has 2 nitrogen and oxygen atoms in total. The number of pyridine rings is 1. The predicted molar refractivity (Wildman–Crippen MR) is 53.2 cm³/mol. The van der Waals surface area contributed by atoms with Crippen molar-refractivity contribution in [2.24, 2.45) is 0 Å². The summed E-state index contributed by atoms with van der Waals surface area (Å²) in [6.07, 6.45) is 5.41. The van der Waals surface area contributed by atoms with Gasteiger partial charge in [-0.2, -0.15) is 0 Å². The summed E-state index contributed by atoms with van der Waals surface area (Å²) in [6, 6.07) is 3.91. The van der Waals surface area contributed by atoms with E-state index in [2.05, 4.69) is 4.98 Å². The first kappa shape index (κ1) is 5.76. The van der Waals surface area contributed by atoms with Crippen molar-refractivity contribution in [2.45, 2.75) is 18.9 Å². The van der Waals surface area contributed by atoms with E-state index in [0.29, 0.717) is 0 Å². The molecule has 2 rings (SSSR count). The van der Waals surface area contributed by atoms with Crippen LogP contribution in [0, 0.1) is 0 Å². The molecule has 1 unspecified atom stereocenters. The van der Waals surface area contributed by atoms with Crippen molar-refractivity contribution in [1.82, 2.24) is 4.98 Å². The maximum absolute atomic E-state index is 7.69. The molecule has 0 amide bonds. The normalized spacial score (nSPS) is 37.9. The van der Waals surface area contributed by atoms with E-state index in [1.807, 2.05) is 19.2 Å². The van der Waals surface area contributed by atoms with Gasteiger partial charge in [0.05, 0.1) is 24.7 Å². The molecule has 1 aromatic rings. The molecule has 0 bridgehead atoms. The minimum atomic E-state index is -1.95. The number of nitrogens with zero attached hydrogens (tertiary/aromatic N) is 2. The second-order valence-corrected chi connectivity index (χ2v) is 3.94. The Kier molecular flexibility index (Phi) is 1.38. The highest BCUT2D eigenvalue weighted by atomic mass is 15.3. The quantitative estimate of drug-likeness (QED) is 0.602. The molecule has 2 heterocycles. The Morgan fingerprint density at radius 3 is 3.31 bits per heavy atom. The standard InChI is InChI=1S/C11H17N2/c1-13(2)8-4-6-11(13)10-5-3-7-12-9-10/h3,5,7,9,11H,4,6,8H2,1-2H3/q+1/t11-/m1/s1/i1D3/t11-,13?. The summed E-state index contributed by atoms with van der Waals surface area (Å²) in [4.78, 5) is 4.08. The minimum absolute atomic E-state index is 0.0567. The van der Waals surface area contributed by atoms with Crippen molar-refractivity contribution in [3.05, 3.63) is 30.1 Å². The van der Waals surface area contributed by atoms with E-state index in [1.54, 1.807) is 12.4 Å². The molecule has 2 atom stereocenters. The highest BCUT2D eigenvalue weighted by Gasteiger charge is 2.34. The largest absolute Gasteiger partial charge is 0.322 e. The fraction of sp³-hybridized carbons (Fsp3) is 0.545. The number of hydrogen-bond donors (Lipinski definition) is 0. The zero-order chi connectivity index (χ0) is 11.8. The summed E-state index contributed by atoms with van der Waals surface area (Å²) in [6.45, 7) is -1.23. The Morgan fingerprint density at radius 2 is 2.62 bits per heavy atom. The van der Waals surface area contributed by atoms with Crippen molar-refractivity contribution >= 4 is 0 Å². The van der Waals surface area contributed by atoms with E-state index in [1.165, 1.54) is 0 Å². The van der Waals surface area contributed by atoms with Crippen molar-refractivity contribution in [3.8, 4) is 0 Å². The lowest BCUT2D eigenvalue weighted by molar-refractivity contribution is -0.908. The molecule has 0 aromatic carbocycles. The fourth-order valence-corrected chi connectivity index (χ4v) is 2.12. The lowest BCUT2D eigenvalue weighted by Gasteiger charge is -2.31. The Hall–Kier alpha value is -0.890. The summed E-state index contributed by atoms with van der Waals surface area (Å²) in [5.41, 5.74) is 1.04. The molecule has 1 fully saturated rings. The van der Waals surface area contributed by atoms with Gasteiger partial charge < -0.3 is 4.48 Å². The zero-order valence-corrected chi connectivity index (χ0v) is 7.90. The Labute approximate surface area is 84.0 Å². The van der Waals surface area contributed by atoms with E-state index < -0.39 is 6.98 Å². The number of rotatable bonds is 1. The monoisotopic (exact) mass is 180 g/mol. The van der Waals surface area contributed by atoms with Crippen LogP contribution < -0.4 is 0 Å². The van der Waals surface area contributed by atoms with Crippen LogP contribution in [0.2, 0.25) is 0 Å². The van der Waals surface area contributed by atoms with Gasteiger partial charge in [0.1, 0.15) is 6.04 Å². The zero-order valence-electron chi connectivity index (χ0n) is 10.9. The Morgan fingerprint density at radius 1 is 1.69 bits per heavy atom. The maximum Gasteiger partial charge on any atom is 0.116 e. The van der Waals surface area contributed by atoms with Gasteiger partial charge in [0.15, 0.2) is 0 Å². The van der Waals surface area contributed by atoms with Crippen molar-refractivity contribution in [3.63, 3.8) is 0 Å². The molecule has 1 aliphatic rings. The molecule has 0 radical (unpaired) electrons. The highest BCUT2D eigenvalue weighted by Crippen LogP contribution is 2.35. The fourth-order valence-electron chi connectivity index (χ4n) is 2.12.